The Labute approximate surface area is 111 Å². The Hall–Kier alpha value is -0.104. The Morgan fingerprint density at radius 2 is 0.444 bits per heavy atom. The molecule has 0 heterocycles. The molecule has 0 saturated carbocycles. The maximum Gasteiger partial charge on any atom is 0.394 e. The largest absolute Gasteiger partial charge is 0.412 e. The summed E-state index contributed by atoms with van der Waals surface area (Å²) in [5.41, 5.74) is 0. The monoisotopic (exact) mass is 373 g/mol. The van der Waals surface area contributed by atoms with Crippen molar-refractivity contribution >= 4 is 10.4 Å². The summed E-state index contributed by atoms with van der Waals surface area (Å²) >= 11 is 0. The molecule has 0 aromatic rings. The predicted molar refractivity (Wildman–Crippen MR) is 57.5 cm³/mol. The summed E-state index contributed by atoms with van der Waals surface area (Å²) < 4.78 is 31.6. The SMILES string of the molecule is O.O.O.O.O.O.O.O.O.O.O.O.O=S(=O)(O)O.[Co]. The molecule has 0 aliphatic rings. The summed E-state index contributed by atoms with van der Waals surface area (Å²) in [6.45, 7) is 0. The number of hydrogen-bond acceptors (Lipinski definition) is 2. The van der Waals surface area contributed by atoms with Crippen LogP contribution in [0.25, 0.3) is 0 Å². The molecular formula is H26CoO16S. The summed E-state index contributed by atoms with van der Waals surface area (Å²) in [6, 6.07) is 0. The molecular weight excluding hydrogens is 347 g/mol. The van der Waals surface area contributed by atoms with Crippen LogP contribution in [0, 0.1) is 0 Å². The van der Waals surface area contributed by atoms with E-state index in [4.69, 9.17) is 17.5 Å². The maximum absolute atomic E-state index is 8.74. The van der Waals surface area contributed by atoms with Gasteiger partial charge in [0.05, 0.1) is 0 Å². The summed E-state index contributed by atoms with van der Waals surface area (Å²) in [4.78, 5) is 0. The van der Waals surface area contributed by atoms with Gasteiger partial charge in [-0.1, -0.05) is 0 Å². The second-order valence-corrected chi connectivity index (χ2v) is 1.34. The van der Waals surface area contributed by atoms with E-state index in [1.807, 2.05) is 0 Å². The standard InChI is InChI=1S/Co.H2O4S.12H2O/c;1-5(2,3)4;;;;;;;;;;;;/h;(H2,1,2,3,4);12*1H2. The third-order valence-corrected chi connectivity index (χ3v) is 0. The van der Waals surface area contributed by atoms with Gasteiger partial charge < -0.3 is 65.7 Å². The van der Waals surface area contributed by atoms with E-state index in [0.29, 0.717) is 0 Å². The van der Waals surface area contributed by atoms with Crippen molar-refractivity contribution in [1.82, 2.24) is 0 Å². The first-order valence-corrected chi connectivity index (χ1v) is 2.10. The molecule has 0 aliphatic carbocycles. The minimum atomic E-state index is -4.67. The quantitative estimate of drug-likeness (QED) is 0.390. The molecule has 26 N–H and O–H groups in total. The molecule has 0 saturated heterocycles. The van der Waals surface area contributed by atoms with E-state index in [-0.39, 0.29) is 82.5 Å². The molecule has 0 amide bonds. The van der Waals surface area contributed by atoms with Crippen molar-refractivity contribution in [2.45, 2.75) is 0 Å². The molecule has 0 aromatic heterocycles. The Bertz CT molecular complexity index is 94.3. The summed E-state index contributed by atoms with van der Waals surface area (Å²) in [5.74, 6) is 0. The fourth-order valence-corrected chi connectivity index (χ4v) is 0. The molecule has 18 heteroatoms. The fraction of sp³-hybridized carbons (Fsp3) is 0. The first kappa shape index (κ1) is 337. The second kappa shape index (κ2) is 123. The van der Waals surface area contributed by atoms with Gasteiger partial charge in [0.15, 0.2) is 0 Å². The van der Waals surface area contributed by atoms with Crippen molar-refractivity contribution in [2.24, 2.45) is 0 Å². The zero-order chi connectivity index (χ0) is 4.50. The van der Waals surface area contributed by atoms with E-state index >= 15 is 0 Å². The molecule has 0 aromatic carbocycles. The van der Waals surface area contributed by atoms with E-state index in [9.17, 15) is 0 Å². The molecule has 137 valence electrons. The van der Waals surface area contributed by atoms with Gasteiger partial charge in [0.25, 0.3) is 0 Å². The van der Waals surface area contributed by atoms with Gasteiger partial charge in [-0.15, -0.1) is 0 Å². The minimum Gasteiger partial charge on any atom is -0.412 e. The van der Waals surface area contributed by atoms with Crippen LogP contribution in [0.2, 0.25) is 0 Å². The Kier molecular flexibility index (Phi) is 2300. The minimum absolute atomic E-state index is 0. The average Bonchev–Trinajstić information content (AvgIpc) is 0.722. The van der Waals surface area contributed by atoms with Crippen LogP contribution in [-0.2, 0) is 27.2 Å². The van der Waals surface area contributed by atoms with Crippen molar-refractivity contribution in [3.63, 3.8) is 0 Å². The van der Waals surface area contributed by atoms with E-state index in [1.165, 1.54) is 0 Å². The molecule has 18 heavy (non-hydrogen) atoms. The summed E-state index contributed by atoms with van der Waals surface area (Å²) in [7, 11) is -4.67. The van der Waals surface area contributed by atoms with E-state index < -0.39 is 10.4 Å². The van der Waals surface area contributed by atoms with Crippen LogP contribution >= 0.6 is 0 Å². The normalized spacial score (nSPS) is 3.22. The third-order valence-electron chi connectivity index (χ3n) is 0. The number of hydrogen-bond donors (Lipinski definition) is 2. The molecule has 0 unspecified atom stereocenters. The molecule has 0 bridgehead atoms. The van der Waals surface area contributed by atoms with Crippen LogP contribution in [-0.4, -0.2) is 83.2 Å². The van der Waals surface area contributed by atoms with Crippen LogP contribution < -0.4 is 0 Å². The van der Waals surface area contributed by atoms with Gasteiger partial charge in [0.2, 0.25) is 0 Å². The molecule has 0 fully saturated rings. The Morgan fingerprint density at radius 1 is 0.444 bits per heavy atom. The van der Waals surface area contributed by atoms with Crippen molar-refractivity contribution in [3.8, 4) is 0 Å². The summed E-state index contributed by atoms with van der Waals surface area (Å²) in [6.07, 6.45) is 0. The molecule has 0 aliphatic heterocycles. The molecule has 1 radical (unpaired) electrons. The van der Waals surface area contributed by atoms with E-state index in [1.54, 1.807) is 0 Å². The van der Waals surface area contributed by atoms with Crippen LogP contribution in [0.1, 0.15) is 0 Å². The smallest absolute Gasteiger partial charge is 0.394 e. The van der Waals surface area contributed by atoms with Gasteiger partial charge in [0, 0.05) is 16.8 Å². The van der Waals surface area contributed by atoms with Gasteiger partial charge in [-0.25, -0.2) is 0 Å². The van der Waals surface area contributed by atoms with Crippen LogP contribution in [0.15, 0.2) is 0 Å². The zero-order valence-corrected chi connectivity index (χ0v) is 10.3. The third kappa shape index (κ3) is 329000. The molecule has 16 nitrogen and oxygen atoms in total. The first-order valence-electron chi connectivity index (χ1n) is 0.698. The zero-order valence-electron chi connectivity index (χ0n) is 8.45. The summed E-state index contributed by atoms with van der Waals surface area (Å²) in [5, 5.41) is 0. The van der Waals surface area contributed by atoms with Gasteiger partial charge in [-0.3, -0.25) is 9.11 Å². The van der Waals surface area contributed by atoms with Gasteiger partial charge in [-0.2, -0.15) is 8.42 Å². The van der Waals surface area contributed by atoms with Crippen LogP contribution in [0.3, 0.4) is 0 Å². The van der Waals surface area contributed by atoms with E-state index in [2.05, 4.69) is 0 Å². The van der Waals surface area contributed by atoms with Gasteiger partial charge in [-0.05, 0) is 0 Å². The van der Waals surface area contributed by atoms with Crippen LogP contribution in [0.4, 0.5) is 0 Å². The van der Waals surface area contributed by atoms with Crippen molar-refractivity contribution in [3.05, 3.63) is 0 Å². The fourth-order valence-electron chi connectivity index (χ4n) is 0. The Balaban J connectivity index is -0.00000000103. The number of rotatable bonds is 0. The average molecular weight is 373 g/mol. The molecule has 0 spiro atoms. The van der Waals surface area contributed by atoms with Crippen molar-refractivity contribution < 1.29 is 100 Å². The Morgan fingerprint density at radius 3 is 0.444 bits per heavy atom. The maximum atomic E-state index is 8.74. The van der Waals surface area contributed by atoms with Gasteiger partial charge in [0.1, 0.15) is 0 Å². The van der Waals surface area contributed by atoms with E-state index in [0.717, 1.165) is 0 Å². The first-order chi connectivity index (χ1) is 2.00. The second-order valence-electron chi connectivity index (χ2n) is 0.448. The molecule has 0 atom stereocenters. The van der Waals surface area contributed by atoms with Crippen molar-refractivity contribution in [1.29, 1.82) is 0 Å². The van der Waals surface area contributed by atoms with Crippen molar-refractivity contribution in [2.75, 3.05) is 0 Å². The topological polar surface area (TPSA) is 453 Å². The predicted octanol–water partition coefficient (Wildman–Crippen LogP) is -10.6. The molecule has 0 rings (SSSR count). The van der Waals surface area contributed by atoms with Gasteiger partial charge >= 0.3 is 10.4 Å². The van der Waals surface area contributed by atoms with Crippen LogP contribution in [0.5, 0.6) is 0 Å².